The van der Waals surface area contributed by atoms with Gasteiger partial charge in [-0.2, -0.15) is 0 Å². The van der Waals surface area contributed by atoms with Crippen LogP contribution in [-0.2, 0) is 14.3 Å². The number of hydrogen-bond acceptors (Lipinski definition) is 5. The van der Waals surface area contributed by atoms with Gasteiger partial charge in [0.1, 0.15) is 0 Å². The van der Waals surface area contributed by atoms with Gasteiger partial charge in [0.25, 0.3) is 0 Å². The Balaban J connectivity index is 1.79. The van der Waals surface area contributed by atoms with Crippen LogP contribution in [0.15, 0.2) is 58.3 Å². The Kier molecular flexibility index (Phi) is 8.18. The van der Waals surface area contributed by atoms with E-state index in [0.717, 1.165) is 15.5 Å². The number of halogens is 1. The van der Waals surface area contributed by atoms with Crippen molar-refractivity contribution in [3.05, 3.63) is 53.6 Å². The van der Waals surface area contributed by atoms with Gasteiger partial charge in [-0.25, -0.2) is 0 Å². The van der Waals surface area contributed by atoms with Gasteiger partial charge in [-0.3, -0.25) is 9.59 Å². The first kappa shape index (κ1) is 19.7. The molecule has 1 N–H and O–H groups in total. The number of hydrogen-bond donors (Lipinski definition) is 1. The molecule has 4 nitrogen and oxygen atoms in total. The highest BCUT2D eigenvalue weighted by molar-refractivity contribution is 8.00. The van der Waals surface area contributed by atoms with Crippen molar-refractivity contribution in [2.24, 2.45) is 0 Å². The highest BCUT2D eigenvalue weighted by Gasteiger charge is 2.06. The summed E-state index contributed by atoms with van der Waals surface area (Å²) in [6.07, 6.45) is 0.345. The van der Waals surface area contributed by atoms with E-state index in [-0.39, 0.29) is 17.6 Å². The zero-order valence-corrected chi connectivity index (χ0v) is 16.0. The number of ether oxygens (including phenoxy) is 1. The van der Waals surface area contributed by atoms with Crippen molar-refractivity contribution >= 4 is 52.7 Å². The Hall–Kier alpha value is -1.63. The first-order valence-electron chi connectivity index (χ1n) is 7.55. The number of amides is 1. The second-order valence-electron chi connectivity index (χ2n) is 4.98. The number of carbonyl (C=O) groups excluding carboxylic acids is 2. The predicted octanol–water partition coefficient (Wildman–Crippen LogP) is 4.73. The minimum atomic E-state index is -0.281. The monoisotopic (exact) mass is 395 g/mol. The quantitative estimate of drug-likeness (QED) is 0.517. The van der Waals surface area contributed by atoms with Gasteiger partial charge in [0.15, 0.2) is 0 Å². The Morgan fingerprint density at radius 2 is 1.84 bits per heavy atom. The topological polar surface area (TPSA) is 55.4 Å². The van der Waals surface area contributed by atoms with Crippen molar-refractivity contribution in [3.8, 4) is 0 Å². The van der Waals surface area contributed by atoms with Gasteiger partial charge in [0.2, 0.25) is 5.91 Å². The molecule has 0 unspecified atom stereocenters. The van der Waals surface area contributed by atoms with Crippen LogP contribution < -0.4 is 5.32 Å². The lowest BCUT2D eigenvalue weighted by Gasteiger charge is -2.07. The van der Waals surface area contributed by atoms with Gasteiger partial charge in [-0.1, -0.05) is 35.5 Å². The first-order valence-corrected chi connectivity index (χ1v) is 9.90. The summed E-state index contributed by atoms with van der Waals surface area (Å²) in [5.41, 5.74) is 0.742. The van der Waals surface area contributed by atoms with E-state index in [9.17, 15) is 9.59 Å². The van der Waals surface area contributed by atoms with Crippen molar-refractivity contribution in [2.45, 2.75) is 16.2 Å². The SMILES string of the molecule is COC(=O)CSCCC(=O)Nc1ccc(Sc2ccccc2Cl)cc1. The fourth-order valence-corrected chi connectivity index (χ4v) is 3.71. The van der Waals surface area contributed by atoms with Gasteiger partial charge >= 0.3 is 5.97 Å². The van der Waals surface area contributed by atoms with E-state index in [0.29, 0.717) is 17.2 Å². The molecule has 0 aliphatic carbocycles. The summed E-state index contributed by atoms with van der Waals surface area (Å²) in [5, 5.41) is 3.56. The molecule has 2 aromatic rings. The number of rotatable bonds is 8. The minimum Gasteiger partial charge on any atom is -0.468 e. The third kappa shape index (κ3) is 7.02. The maximum Gasteiger partial charge on any atom is 0.315 e. The van der Waals surface area contributed by atoms with Crippen molar-refractivity contribution in [2.75, 3.05) is 23.9 Å². The minimum absolute atomic E-state index is 0.0797. The Morgan fingerprint density at radius 3 is 2.52 bits per heavy atom. The Bertz CT molecular complexity index is 723. The fraction of sp³-hybridized carbons (Fsp3) is 0.222. The second kappa shape index (κ2) is 10.4. The van der Waals surface area contributed by atoms with Crippen LogP contribution in [0.4, 0.5) is 5.69 Å². The lowest BCUT2D eigenvalue weighted by Crippen LogP contribution is -2.13. The number of benzene rings is 2. The molecule has 0 spiro atoms. The van der Waals surface area contributed by atoms with Crippen LogP contribution in [0.3, 0.4) is 0 Å². The van der Waals surface area contributed by atoms with Gasteiger partial charge in [-0.15, -0.1) is 11.8 Å². The van der Waals surface area contributed by atoms with Crippen molar-refractivity contribution in [1.82, 2.24) is 0 Å². The van der Waals surface area contributed by atoms with Crippen LogP contribution in [-0.4, -0.2) is 30.5 Å². The molecule has 7 heteroatoms. The summed E-state index contributed by atoms with van der Waals surface area (Å²) in [7, 11) is 1.35. The van der Waals surface area contributed by atoms with E-state index in [2.05, 4.69) is 10.1 Å². The van der Waals surface area contributed by atoms with Gasteiger partial charge in [0.05, 0.1) is 17.9 Å². The number of nitrogens with one attached hydrogen (secondary N) is 1. The van der Waals surface area contributed by atoms with E-state index >= 15 is 0 Å². The fourth-order valence-electron chi connectivity index (χ4n) is 1.86. The highest BCUT2D eigenvalue weighted by atomic mass is 35.5. The molecule has 0 saturated heterocycles. The average molecular weight is 396 g/mol. The third-order valence-electron chi connectivity index (χ3n) is 3.12. The molecule has 0 atom stereocenters. The van der Waals surface area contributed by atoms with E-state index in [1.807, 2.05) is 48.5 Å². The first-order chi connectivity index (χ1) is 12.1. The summed E-state index contributed by atoms with van der Waals surface area (Å²) in [5.74, 6) is 0.472. The van der Waals surface area contributed by atoms with Crippen molar-refractivity contribution in [3.63, 3.8) is 0 Å². The maximum atomic E-state index is 11.9. The Labute approximate surface area is 160 Å². The lowest BCUT2D eigenvalue weighted by molar-refractivity contribution is -0.137. The van der Waals surface area contributed by atoms with E-state index in [1.165, 1.54) is 18.9 Å². The van der Waals surface area contributed by atoms with Gasteiger partial charge in [0, 0.05) is 27.7 Å². The third-order valence-corrected chi connectivity index (χ3v) is 5.58. The van der Waals surface area contributed by atoms with E-state index in [4.69, 9.17) is 11.6 Å². The highest BCUT2D eigenvalue weighted by Crippen LogP contribution is 2.33. The van der Waals surface area contributed by atoms with Crippen LogP contribution >= 0.6 is 35.1 Å². The zero-order valence-electron chi connectivity index (χ0n) is 13.7. The second-order valence-corrected chi connectivity index (χ2v) is 7.61. The summed E-state index contributed by atoms with van der Waals surface area (Å²) in [4.78, 5) is 24.9. The molecule has 0 aliphatic rings. The number of carbonyl (C=O) groups is 2. The molecular weight excluding hydrogens is 378 g/mol. The smallest absolute Gasteiger partial charge is 0.315 e. The molecule has 0 aliphatic heterocycles. The predicted molar refractivity (Wildman–Crippen MR) is 105 cm³/mol. The molecule has 0 heterocycles. The van der Waals surface area contributed by atoms with Crippen molar-refractivity contribution < 1.29 is 14.3 Å². The maximum absolute atomic E-state index is 11.9. The van der Waals surface area contributed by atoms with Crippen LogP contribution in [0.25, 0.3) is 0 Å². The van der Waals surface area contributed by atoms with Crippen molar-refractivity contribution in [1.29, 1.82) is 0 Å². The summed E-state index contributed by atoms with van der Waals surface area (Å²) in [6.45, 7) is 0. The largest absolute Gasteiger partial charge is 0.468 e. The normalized spacial score (nSPS) is 10.3. The molecule has 0 aromatic heterocycles. The van der Waals surface area contributed by atoms with E-state index in [1.54, 1.807) is 11.8 Å². The van der Waals surface area contributed by atoms with Gasteiger partial charge in [-0.05, 0) is 36.4 Å². The molecule has 2 aromatic carbocycles. The molecule has 0 radical (unpaired) electrons. The average Bonchev–Trinajstić information content (AvgIpc) is 2.62. The molecule has 0 saturated carbocycles. The molecule has 132 valence electrons. The van der Waals surface area contributed by atoms with Crippen LogP contribution in [0, 0.1) is 0 Å². The molecule has 1 amide bonds. The van der Waals surface area contributed by atoms with Gasteiger partial charge < -0.3 is 10.1 Å². The standard InChI is InChI=1S/C18H18ClNO3S2/c1-23-18(22)12-24-11-10-17(21)20-13-6-8-14(9-7-13)25-16-5-3-2-4-15(16)19/h2-9H,10-12H2,1H3,(H,20,21). The molecule has 25 heavy (non-hydrogen) atoms. The molecule has 2 rings (SSSR count). The van der Waals surface area contributed by atoms with Crippen LogP contribution in [0.1, 0.15) is 6.42 Å². The van der Waals surface area contributed by atoms with Crippen LogP contribution in [0.5, 0.6) is 0 Å². The molecular formula is C18H18ClNO3S2. The lowest BCUT2D eigenvalue weighted by atomic mass is 10.3. The Morgan fingerprint density at radius 1 is 1.12 bits per heavy atom. The number of thioether (sulfide) groups is 1. The number of anilines is 1. The summed E-state index contributed by atoms with van der Waals surface area (Å²) < 4.78 is 4.54. The molecule has 0 fully saturated rings. The number of esters is 1. The summed E-state index contributed by atoms with van der Waals surface area (Å²) in [6, 6.07) is 15.3. The summed E-state index contributed by atoms with van der Waals surface area (Å²) >= 11 is 9.11. The number of methoxy groups -OCH3 is 1. The zero-order chi connectivity index (χ0) is 18.1. The van der Waals surface area contributed by atoms with Crippen LogP contribution in [0.2, 0.25) is 5.02 Å². The molecule has 0 bridgehead atoms. The van der Waals surface area contributed by atoms with E-state index < -0.39 is 0 Å².